The molecule has 5 rings (SSSR count). The number of rotatable bonds is 12. The molecule has 0 spiro atoms. The monoisotopic (exact) mass is 739 g/mol. The Kier molecular flexibility index (Phi) is 12.3. The molecule has 1 aliphatic carbocycles. The first-order valence-corrected chi connectivity index (χ1v) is 18.9. The van der Waals surface area contributed by atoms with Crippen LogP contribution in [0.2, 0.25) is 15.1 Å². The molecular formula is C38H40Cl3N3O4S. The number of anilines is 1. The molecule has 2 amide bonds. The summed E-state index contributed by atoms with van der Waals surface area (Å²) in [7, 11) is -4.28. The summed E-state index contributed by atoms with van der Waals surface area (Å²) in [4.78, 5) is 30.6. The van der Waals surface area contributed by atoms with Gasteiger partial charge >= 0.3 is 0 Å². The van der Waals surface area contributed by atoms with E-state index in [1.54, 1.807) is 49.4 Å². The van der Waals surface area contributed by atoms with E-state index in [-0.39, 0.29) is 35.5 Å². The average molecular weight is 741 g/mol. The quantitative estimate of drug-likeness (QED) is 0.158. The maximum absolute atomic E-state index is 14.8. The van der Waals surface area contributed by atoms with Crippen LogP contribution in [0.25, 0.3) is 0 Å². The summed E-state index contributed by atoms with van der Waals surface area (Å²) in [6.45, 7) is 2.88. The molecular weight excluding hydrogens is 701 g/mol. The van der Waals surface area contributed by atoms with Crippen molar-refractivity contribution >= 4 is 62.3 Å². The number of carbonyl (C=O) groups excluding carboxylic acids is 2. The van der Waals surface area contributed by atoms with Crippen molar-refractivity contribution in [3.8, 4) is 0 Å². The van der Waals surface area contributed by atoms with Gasteiger partial charge in [-0.2, -0.15) is 0 Å². The van der Waals surface area contributed by atoms with Gasteiger partial charge in [0, 0.05) is 39.6 Å². The number of amides is 2. The van der Waals surface area contributed by atoms with Crippen molar-refractivity contribution in [2.75, 3.05) is 10.8 Å². The highest BCUT2D eigenvalue weighted by Gasteiger charge is 2.36. The van der Waals surface area contributed by atoms with Crippen LogP contribution >= 0.6 is 34.8 Å². The van der Waals surface area contributed by atoms with Gasteiger partial charge < -0.3 is 10.2 Å². The van der Waals surface area contributed by atoms with E-state index < -0.39 is 28.5 Å². The third-order valence-electron chi connectivity index (χ3n) is 8.94. The van der Waals surface area contributed by atoms with E-state index in [1.807, 2.05) is 37.3 Å². The molecule has 7 nitrogen and oxygen atoms in total. The number of nitrogens with zero attached hydrogens (tertiary/aromatic N) is 2. The summed E-state index contributed by atoms with van der Waals surface area (Å²) in [5.74, 6) is -0.926. The van der Waals surface area contributed by atoms with E-state index in [4.69, 9.17) is 34.8 Å². The maximum atomic E-state index is 14.8. The zero-order chi connectivity index (χ0) is 35.1. The normalized spacial score (nSPS) is 14.2. The zero-order valence-corrected chi connectivity index (χ0v) is 30.6. The molecule has 1 fully saturated rings. The Balaban J connectivity index is 1.61. The standard InChI is InChI=1S/C38H40Cl3N3O4S/c1-26-16-20-31(21-17-26)49(47,48)44(35-23-29(39)19-18-27(35)2)25-37(45)43(24-32-33(40)14-9-15-34(32)41)36(22-28-10-5-3-6-11-28)38(46)42-30-12-7-4-8-13-30/h3,5-6,9-11,14-21,23,30,36H,4,7-8,12-13,22,24-25H2,1-2H3,(H,42,46). The Morgan fingerprint density at radius 2 is 1.49 bits per heavy atom. The molecule has 0 radical (unpaired) electrons. The summed E-state index contributed by atoms with van der Waals surface area (Å²) < 4.78 is 29.8. The number of aryl methyl sites for hydroxylation is 2. The van der Waals surface area contributed by atoms with E-state index in [9.17, 15) is 18.0 Å². The fraction of sp³-hybridized carbons (Fsp3) is 0.316. The molecule has 0 aromatic heterocycles. The average Bonchev–Trinajstić information content (AvgIpc) is 3.08. The van der Waals surface area contributed by atoms with Crippen LogP contribution in [0, 0.1) is 13.8 Å². The molecule has 0 aliphatic heterocycles. The number of sulfonamides is 1. The minimum Gasteiger partial charge on any atom is -0.352 e. The largest absolute Gasteiger partial charge is 0.352 e. The highest BCUT2D eigenvalue weighted by Crippen LogP contribution is 2.32. The van der Waals surface area contributed by atoms with E-state index in [1.165, 1.54) is 23.1 Å². The summed E-state index contributed by atoms with van der Waals surface area (Å²) in [5, 5.41) is 4.17. The van der Waals surface area contributed by atoms with Gasteiger partial charge in [-0.3, -0.25) is 13.9 Å². The molecule has 0 saturated heterocycles. The Morgan fingerprint density at radius 3 is 2.14 bits per heavy atom. The topological polar surface area (TPSA) is 86.8 Å². The van der Waals surface area contributed by atoms with Gasteiger partial charge in [0.1, 0.15) is 12.6 Å². The van der Waals surface area contributed by atoms with Crippen molar-refractivity contribution in [1.82, 2.24) is 10.2 Å². The first-order valence-electron chi connectivity index (χ1n) is 16.4. The summed E-state index contributed by atoms with van der Waals surface area (Å²) in [5.41, 5.74) is 3.03. The summed E-state index contributed by atoms with van der Waals surface area (Å²) in [6.07, 6.45) is 5.03. The van der Waals surface area contributed by atoms with Gasteiger partial charge in [0.15, 0.2) is 0 Å². The molecule has 0 bridgehead atoms. The van der Waals surface area contributed by atoms with Crippen LogP contribution in [-0.4, -0.2) is 43.8 Å². The second-order valence-electron chi connectivity index (χ2n) is 12.5. The molecule has 1 atom stereocenters. The van der Waals surface area contributed by atoms with E-state index in [0.29, 0.717) is 26.2 Å². The minimum atomic E-state index is -4.28. The lowest BCUT2D eigenvalue weighted by molar-refractivity contribution is -0.140. The third-order valence-corrected chi connectivity index (χ3v) is 11.7. The second-order valence-corrected chi connectivity index (χ2v) is 15.6. The van der Waals surface area contributed by atoms with Crippen LogP contribution < -0.4 is 9.62 Å². The van der Waals surface area contributed by atoms with Crippen molar-refractivity contribution in [3.05, 3.63) is 128 Å². The van der Waals surface area contributed by atoms with Crippen molar-refractivity contribution in [1.29, 1.82) is 0 Å². The molecule has 11 heteroatoms. The van der Waals surface area contributed by atoms with Crippen molar-refractivity contribution < 1.29 is 18.0 Å². The van der Waals surface area contributed by atoms with Gasteiger partial charge in [-0.15, -0.1) is 0 Å². The lowest BCUT2D eigenvalue weighted by Gasteiger charge is -2.35. The Hall–Kier alpha value is -3.56. The van der Waals surface area contributed by atoms with Crippen molar-refractivity contribution in [3.63, 3.8) is 0 Å². The Bertz CT molecular complexity index is 1860. The van der Waals surface area contributed by atoms with E-state index in [2.05, 4.69) is 5.32 Å². The molecule has 1 unspecified atom stereocenters. The number of hydrogen-bond donors (Lipinski definition) is 1. The van der Waals surface area contributed by atoms with Gasteiger partial charge in [0.25, 0.3) is 10.0 Å². The smallest absolute Gasteiger partial charge is 0.264 e. The summed E-state index contributed by atoms with van der Waals surface area (Å²) >= 11 is 19.7. The predicted molar refractivity (Wildman–Crippen MR) is 198 cm³/mol. The molecule has 4 aromatic carbocycles. The Morgan fingerprint density at radius 1 is 0.837 bits per heavy atom. The van der Waals surface area contributed by atoms with Crippen LogP contribution in [0.3, 0.4) is 0 Å². The molecule has 258 valence electrons. The first-order chi connectivity index (χ1) is 23.4. The van der Waals surface area contributed by atoms with Crippen molar-refractivity contribution in [2.24, 2.45) is 0 Å². The van der Waals surface area contributed by atoms with Gasteiger partial charge in [0.2, 0.25) is 11.8 Å². The fourth-order valence-corrected chi connectivity index (χ4v) is 8.31. The highest BCUT2D eigenvalue weighted by molar-refractivity contribution is 7.92. The van der Waals surface area contributed by atoms with E-state index >= 15 is 0 Å². The first kappa shape index (κ1) is 36.7. The fourth-order valence-electron chi connectivity index (χ4n) is 6.15. The summed E-state index contributed by atoms with van der Waals surface area (Å²) in [6, 6.07) is 24.8. The SMILES string of the molecule is Cc1ccc(S(=O)(=O)N(CC(=O)N(Cc2c(Cl)cccc2Cl)C(Cc2ccccc2)C(=O)NC2CCCCC2)c2cc(Cl)ccc2C)cc1. The lowest BCUT2D eigenvalue weighted by atomic mass is 9.94. The number of carbonyl (C=O) groups is 2. The predicted octanol–water partition coefficient (Wildman–Crippen LogP) is 8.55. The zero-order valence-electron chi connectivity index (χ0n) is 27.5. The van der Waals surface area contributed by atoms with Crippen LogP contribution in [0.5, 0.6) is 0 Å². The van der Waals surface area contributed by atoms with Gasteiger partial charge in [-0.1, -0.05) is 114 Å². The highest BCUT2D eigenvalue weighted by atomic mass is 35.5. The number of nitrogens with one attached hydrogen (secondary N) is 1. The van der Waals surface area contributed by atoms with E-state index in [0.717, 1.165) is 47.5 Å². The number of benzene rings is 4. The van der Waals surface area contributed by atoms with Gasteiger partial charge in [-0.05, 0) is 74.2 Å². The molecule has 1 aliphatic rings. The van der Waals surface area contributed by atoms with Crippen LogP contribution in [0.1, 0.15) is 54.4 Å². The van der Waals surface area contributed by atoms with Crippen molar-refractivity contribution in [2.45, 2.75) is 75.9 Å². The minimum absolute atomic E-state index is 0.0156. The number of hydrogen-bond acceptors (Lipinski definition) is 4. The molecule has 4 aromatic rings. The van der Waals surface area contributed by atoms with Crippen LogP contribution in [-0.2, 0) is 32.6 Å². The molecule has 0 heterocycles. The second kappa shape index (κ2) is 16.4. The van der Waals surface area contributed by atoms with Crippen LogP contribution in [0.15, 0.2) is 95.9 Å². The lowest BCUT2D eigenvalue weighted by Crippen LogP contribution is -2.55. The van der Waals surface area contributed by atoms with Gasteiger partial charge in [0.05, 0.1) is 10.6 Å². The third kappa shape index (κ3) is 9.17. The number of halogens is 3. The maximum Gasteiger partial charge on any atom is 0.264 e. The molecule has 1 N–H and O–H groups in total. The molecule has 1 saturated carbocycles. The Labute approximate surface area is 304 Å². The van der Waals surface area contributed by atoms with Gasteiger partial charge in [-0.25, -0.2) is 8.42 Å². The molecule has 49 heavy (non-hydrogen) atoms. The van der Waals surface area contributed by atoms with Crippen LogP contribution in [0.4, 0.5) is 5.69 Å².